The highest BCUT2D eigenvalue weighted by Crippen LogP contribution is 2.18. The molecule has 10 heteroatoms. The van der Waals surface area contributed by atoms with Crippen molar-refractivity contribution in [2.75, 3.05) is 39.6 Å². The van der Waals surface area contributed by atoms with Gasteiger partial charge >= 0.3 is 23.9 Å². The van der Waals surface area contributed by atoms with Crippen LogP contribution in [0.15, 0.2) is 123 Å². The summed E-state index contributed by atoms with van der Waals surface area (Å²) in [5, 5.41) is 16.8. The molecule has 0 aliphatic heterocycles. The molecule has 0 aliphatic carbocycles. The third kappa shape index (κ3) is 40.2. The molecule has 3 aromatic carbocycles. The van der Waals surface area contributed by atoms with Gasteiger partial charge in [-0.05, 0) is 92.7 Å². The van der Waals surface area contributed by atoms with E-state index in [-0.39, 0.29) is 37.0 Å². The molecule has 3 aromatic rings. The van der Waals surface area contributed by atoms with Crippen LogP contribution in [0.5, 0.6) is 0 Å². The Morgan fingerprint density at radius 3 is 1.03 bits per heavy atom. The topological polar surface area (TPSA) is 146 Å². The summed E-state index contributed by atoms with van der Waals surface area (Å²) in [4.78, 5) is 43.3. The minimum absolute atomic E-state index is 0.000809. The van der Waals surface area contributed by atoms with Crippen molar-refractivity contribution in [3.63, 3.8) is 0 Å². The summed E-state index contributed by atoms with van der Waals surface area (Å²) in [5.41, 5.74) is 4.07. The number of aliphatic hydroxyl groups is 2. The molecule has 0 fully saturated rings. The quantitative estimate of drug-likeness (QED) is 0.0385. The molecule has 0 saturated carbocycles. The highest BCUT2D eigenvalue weighted by Gasteiger charge is 2.12. The van der Waals surface area contributed by atoms with Gasteiger partial charge in [0.05, 0.1) is 38.3 Å². The number of aliphatic hydroxyl groups excluding tert-OH is 2. The van der Waals surface area contributed by atoms with Gasteiger partial charge < -0.3 is 29.2 Å². The molecule has 4 atom stereocenters. The van der Waals surface area contributed by atoms with E-state index in [4.69, 9.17) is 24.4 Å². The monoisotopic (exact) mass is 919 g/mol. The Morgan fingerprint density at radius 1 is 0.470 bits per heavy atom. The molecule has 0 aliphatic rings. The van der Waals surface area contributed by atoms with Crippen LogP contribution in [0.2, 0.25) is 0 Å². The van der Waals surface area contributed by atoms with Crippen LogP contribution in [0.4, 0.5) is 0 Å². The Bertz CT molecular complexity index is 1570. The lowest BCUT2D eigenvalue weighted by atomic mass is 9.99. The van der Waals surface area contributed by atoms with Gasteiger partial charge in [-0.1, -0.05) is 172 Å². The van der Waals surface area contributed by atoms with Crippen molar-refractivity contribution >= 4 is 30.0 Å². The van der Waals surface area contributed by atoms with E-state index in [1.165, 1.54) is 29.5 Å². The summed E-state index contributed by atoms with van der Waals surface area (Å²) in [6.07, 6.45) is 12.4. The van der Waals surface area contributed by atoms with Crippen molar-refractivity contribution in [2.45, 2.75) is 131 Å². The van der Waals surface area contributed by atoms with Crippen molar-refractivity contribution in [3.8, 4) is 0 Å². The molecular weight excluding hydrogens is 833 g/mol. The van der Waals surface area contributed by atoms with Crippen LogP contribution in [0, 0.1) is 11.8 Å². The number of ether oxygens (including phenoxy) is 4. The number of hydrogen-bond acceptors (Lipinski definition) is 10. The number of hydrogen-bond donors (Lipinski definition) is 2. The largest absolute Gasteiger partial charge is 0.465 e. The van der Waals surface area contributed by atoms with Crippen LogP contribution in [0.1, 0.15) is 148 Å². The van der Waals surface area contributed by atoms with Gasteiger partial charge in [0.1, 0.15) is 0 Å². The van der Waals surface area contributed by atoms with E-state index in [9.17, 15) is 19.2 Å². The van der Waals surface area contributed by atoms with Crippen molar-refractivity contribution < 1.29 is 48.3 Å². The molecule has 0 heterocycles. The summed E-state index contributed by atoms with van der Waals surface area (Å²) >= 11 is 0. The summed E-state index contributed by atoms with van der Waals surface area (Å²) in [7, 11) is 0. The van der Waals surface area contributed by atoms with E-state index in [0.29, 0.717) is 70.4 Å². The van der Waals surface area contributed by atoms with Gasteiger partial charge in [-0.15, -0.1) is 0 Å². The molecular formula is C56H86O10. The highest BCUT2D eigenvalue weighted by molar-refractivity contribution is 5.81. The molecule has 0 amide bonds. The van der Waals surface area contributed by atoms with E-state index >= 15 is 0 Å². The Balaban J connectivity index is -0.000000730. The molecule has 10 nitrogen and oxygen atoms in total. The van der Waals surface area contributed by atoms with Crippen LogP contribution in [0.25, 0.3) is 6.08 Å². The first-order valence-electron chi connectivity index (χ1n) is 23.7. The van der Waals surface area contributed by atoms with Crippen LogP contribution in [-0.2, 0) is 38.1 Å². The van der Waals surface area contributed by atoms with E-state index in [1.807, 2.05) is 64.1 Å². The number of carbonyl (C=O) groups excluding carboxylic acids is 4. The first-order valence-corrected chi connectivity index (χ1v) is 23.7. The SMILES string of the molecule is C=CC(=O)OCCCCO.C=CC(=O)OCCCCOC(=O)C(C)CC.C=Cc1ccccc1.CCC(C)C(=O)OCCCCO.CCC(C)c1ccccc1.CCC(C)c1ccccc1. The molecule has 3 rings (SSSR count). The average Bonchev–Trinajstić information content (AvgIpc) is 3.37. The zero-order chi connectivity index (χ0) is 50.2. The van der Waals surface area contributed by atoms with E-state index in [0.717, 1.165) is 31.4 Å². The summed E-state index contributed by atoms with van der Waals surface area (Å²) in [6, 6.07) is 31.3. The zero-order valence-corrected chi connectivity index (χ0v) is 41.8. The van der Waals surface area contributed by atoms with E-state index in [2.05, 4.69) is 113 Å². The summed E-state index contributed by atoms with van der Waals surface area (Å²) in [6.45, 7) is 28.5. The first kappa shape index (κ1) is 65.0. The van der Waals surface area contributed by atoms with Gasteiger partial charge in [0.2, 0.25) is 0 Å². The maximum atomic E-state index is 11.2. The van der Waals surface area contributed by atoms with Gasteiger partial charge in [0, 0.05) is 25.4 Å². The first-order chi connectivity index (χ1) is 31.8. The normalized spacial score (nSPS) is 11.4. The van der Waals surface area contributed by atoms with Crippen molar-refractivity contribution in [3.05, 3.63) is 140 Å². The van der Waals surface area contributed by atoms with E-state index in [1.54, 1.807) is 0 Å². The smallest absolute Gasteiger partial charge is 0.330 e. The predicted octanol–water partition coefficient (Wildman–Crippen LogP) is 12.7. The highest BCUT2D eigenvalue weighted by atomic mass is 16.5. The maximum Gasteiger partial charge on any atom is 0.330 e. The van der Waals surface area contributed by atoms with Crippen molar-refractivity contribution in [1.82, 2.24) is 0 Å². The second-order valence-corrected chi connectivity index (χ2v) is 15.3. The fourth-order valence-electron chi connectivity index (χ4n) is 4.68. The fraction of sp³-hybridized carbons (Fsp3) is 0.500. The van der Waals surface area contributed by atoms with Gasteiger partial charge in [-0.25, -0.2) is 9.59 Å². The number of benzene rings is 3. The maximum absolute atomic E-state index is 11.2. The van der Waals surface area contributed by atoms with Crippen LogP contribution < -0.4 is 0 Å². The second-order valence-electron chi connectivity index (χ2n) is 15.3. The third-order valence-electron chi connectivity index (χ3n) is 9.98. The molecule has 66 heavy (non-hydrogen) atoms. The van der Waals surface area contributed by atoms with Crippen LogP contribution in [-0.4, -0.2) is 73.7 Å². The van der Waals surface area contributed by atoms with Crippen LogP contribution in [0.3, 0.4) is 0 Å². The molecule has 0 radical (unpaired) electrons. The molecule has 0 aromatic heterocycles. The Morgan fingerprint density at radius 2 is 0.773 bits per heavy atom. The second kappa shape index (κ2) is 47.6. The van der Waals surface area contributed by atoms with Gasteiger partial charge in [-0.2, -0.15) is 0 Å². The zero-order valence-electron chi connectivity index (χ0n) is 41.8. The van der Waals surface area contributed by atoms with Crippen molar-refractivity contribution in [2.24, 2.45) is 11.8 Å². The Labute approximate surface area is 399 Å². The lowest BCUT2D eigenvalue weighted by molar-refractivity contribution is -0.149. The molecule has 4 unspecified atom stereocenters. The van der Waals surface area contributed by atoms with Gasteiger partial charge in [-0.3, -0.25) is 9.59 Å². The summed E-state index contributed by atoms with van der Waals surface area (Å²) < 4.78 is 19.4. The molecule has 370 valence electrons. The van der Waals surface area contributed by atoms with E-state index < -0.39 is 11.9 Å². The Hall–Kier alpha value is -5.32. The number of rotatable bonds is 24. The minimum Gasteiger partial charge on any atom is -0.465 e. The van der Waals surface area contributed by atoms with Gasteiger partial charge in [0.25, 0.3) is 0 Å². The number of carbonyl (C=O) groups is 4. The number of unbranched alkanes of at least 4 members (excludes halogenated alkanes) is 3. The minimum atomic E-state index is -0.420. The average molecular weight is 919 g/mol. The summed E-state index contributed by atoms with van der Waals surface area (Å²) in [5.74, 6) is 0.260. The lowest BCUT2D eigenvalue weighted by Gasteiger charge is -2.08. The number of esters is 4. The third-order valence-corrected chi connectivity index (χ3v) is 9.98. The standard InChI is InChI=1S/C12H20O4.2C10H14.C9H18O3.C8H8.C7H12O3/c1-4-10(3)12(14)16-9-7-6-8-15-11(13)5-2;2*1-3-9(2)10-7-5-4-6-8-10;1-3-8(2)9(11)12-7-5-4-6-10;1-2-8-6-4-3-5-7-8;1-2-7(9)10-6-4-3-5-8/h5,10H,2,4,6-9H2,1,3H3;2*4-9H,3H2,1-2H3;8,10H,3-7H2,1-2H3;2-7H,1H2;2,8H,1,3-6H2. The Kier molecular flexibility index (Phi) is 46.9. The fourth-order valence-corrected chi connectivity index (χ4v) is 4.68. The lowest BCUT2D eigenvalue weighted by Crippen LogP contribution is -2.15. The molecule has 0 saturated heterocycles. The predicted molar refractivity (Wildman–Crippen MR) is 272 cm³/mol. The molecule has 0 spiro atoms. The van der Waals surface area contributed by atoms with Crippen molar-refractivity contribution in [1.29, 1.82) is 0 Å². The van der Waals surface area contributed by atoms with Gasteiger partial charge in [0.15, 0.2) is 0 Å². The molecule has 0 bridgehead atoms. The van der Waals surface area contributed by atoms with Crippen LogP contribution >= 0.6 is 0 Å². The molecule has 2 N–H and O–H groups in total.